The molecule has 0 radical (unpaired) electrons. The van der Waals surface area contributed by atoms with Crippen molar-refractivity contribution in [2.75, 3.05) is 20.3 Å². The molecule has 1 heterocycles. The lowest BCUT2D eigenvalue weighted by molar-refractivity contribution is 0.190. The number of hydrogen-bond acceptors (Lipinski definition) is 3. The molecule has 0 saturated carbocycles. The summed E-state index contributed by atoms with van der Waals surface area (Å²) in [6.07, 6.45) is 2.69. The van der Waals surface area contributed by atoms with E-state index in [9.17, 15) is 4.79 Å². The number of ether oxygens (including phenoxy) is 1. The fourth-order valence-electron chi connectivity index (χ4n) is 1.54. The lowest BCUT2D eigenvalue weighted by Crippen LogP contribution is -2.27. The third-order valence-corrected chi connectivity index (χ3v) is 2.41. The summed E-state index contributed by atoms with van der Waals surface area (Å²) in [5, 5.41) is 3.16. The van der Waals surface area contributed by atoms with Crippen LogP contribution < -0.4 is 10.9 Å². The second-order valence-electron chi connectivity index (χ2n) is 3.66. The molecule has 0 aromatic carbocycles. The summed E-state index contributed by atoms with van der Waals surface area (Å²) in [5.41, 5.74) is 0.918. The van der Waals surface area contributed by atoms with Crippen LogP contribution in [0.15, 0.2) is 23.1 Å². The Morgan fingerprint density at radius 1 is 1.50 bits per heavy atom. The smallest absolute Gasteiger partial charge is 0.255 e. The molecule has 0 atom stereocenters. The second-order valence-corrected chi connectivity index (χ2v) is 3.66. The van der Waals surface area contributed by atoms with Crippen molar-refractivity contribution in [2.24, 2.45) is 0 Å². The van der Waals surface area contributed by atoms with Crippen LogP contribution in [0.1, 0.15) is 18.9 Å². The monoisotopic (exact) mass is 224 g/mol. The van der Waals surface area contributed by atoms with Gasteiger partial charge in [0.2, 0.25) is 0 Å². The number of rotatable bonds is 7. The molecule has 4 nitrogen and oxygen atoms in total. The van der Waals surface area contributed by atoms with E-state index in [2.05, 4.69) is 5.32 Å². The van der Waals surface area contributed by atoms with Gasteiger partial charge in [0.05, 0.1) is 0 Å². The molecule has 0 fully saturated rings. The molecule has 1 aromatic heterocycles. The molecular formula is C12H20N2O2. The maximum Gasteiger partial charge on any atom is 0.255 e. The molecule has 0 saturated heterocycles. The summed E-state index contributed by atoms with van der Waals surface area (Å²) in [5.74, 6) is 0. The maximum absolute atomic E-state index is 12.0. The van der Waals surface area contributed by atoms with Crippen molar-refractivity contribution in [1.82, 2.24) is 9.88 Å². The highest BCUT2D eigenvalue weighted by molar-refractivity contribution is 5.10. The van der Waals surface area contributed by atoms with Gasteiger partial charge < -0.3 is 14.6 Å². The Morgan fingerprint density at radius 3 is 3.00 bits per heavy atom. The van der Waals surface area contributed by atoms with Gasteiger partial charge in [-0.2, -0.15) is 0 Å². The molecule has 1 aromatic rings. The lowest BCUT2D eigenvalue weighted by Gasteiger charge is -2.07. The predicted molar refractivity (Wildman–Crippen MR) is 64.6 cm³/mol. The average Bonchev–Trinajstić information content (AvgIpc) is 2.30. The van der Waals surface area contributed by atoms with Crippen molar-refractivity contribution >= 4 is 0 Å². The van der Waals surface area contributed by atoms with Gasteiger partial charge in [0, 0.05) is 38.6 Å². The Morgan fingerprint density at radius 2 is 2.31 bits per heavy atom. The van der Waals surface area contributed by atoms with E-state index in [-0.39, 0.29) is 5.56 Å². The standard InChI is InChI=1S/C12H20N2O2/c1-3-13-10-11-6-4-7-14(12(11)15)8-5-9-16-2/h4,6-7,13H,3,5,8-10H2,1-2H3. The zero-order valence-electron chi connectivity index (χ0n) is 10.0. The molecule has 1 N–H and O–H groups in total. The minimum atomic E-state index is 0.0968. The summed E-state index contributed by atoms with van der Waals surface area (Å²) in [6, 6.07) is 3.79. The SMILES string of the molecule is CCNCc1cccn(CCCOC)c1=O. The van der Waals surface area contributed by atoms with Crippen LogP contribution in [-0.2, 0) is 17.8 Å². The first-order chi connectivity index (χ1) is 7.79. The Hall–Kier alpha value is -1.13. The van der Waals surface area contributed by atoms with Crippen molar-refractivity contribution in [3.8, 4) is 0 Å². The van der Waals surface area contributed by atoms with Gasteiger partial charge in [0.25, 0.3) is 5.56 Å². The third kappa shape index (κ3) is 3.79. The molecule has 16 heavy (non-hydrogen) atoms. The van der Waals surface area contributed by atoms with Crippen LogP contribution >= 0.6 is 0 Å². The van der Waals surface area contributed by atoms with E-state index in [4.69, 9.17) is 4.74 Å². The first-order valence-electron chi connectivity index (χ1n) is 5.67. The molecule has 4 heteroatoms. The van der Waals surface area contributed by atoms with E-state index in [1.807, 2.05) is 25.3 Å². The topological polar surface area (TPSA) is 43.3 Å². The highest BCUT2D eigenvalue weighted by Crippen LogP contribution is 1.94. The maximum atomic E-state index is 12.0. The number of aryl methyl sites for hydroxylation is 1. The summed E-state index contributed by atoms with van der Waals surface area (Å²) in [4.78, 5) is 12.0. The van der Waals surface area contributed by atoms with Crippen LogP contribution in [0, 0.1) is 0 Å². The molecule has 0 bridgehead atoms. The van der Waals surface area contributed by atoms with E-state index >= 15 is 0 Å². The summed E-state index contributed by atoms with van der Waals surface area (Å²) < 4.78 is 6.71. The Bertz CT molecular complexity index is 360. The van der Waals surface area contributed by atoms with Crippen LogP contribution in [0.4, 0.5) is 0 Å². The molecule has 1 rings (SSSR count). The van der Waals surface area contributed by atoms with Crippen LogP contribution in [0.5, 0.6) is 0 Å². The molecule has 0 aliphatic carbocycles. The molecular weight excluding hydrogens is 204 g/mol. The second kappa shape index (κ2) is 7.19. The first-order valence-corrected chi connectivity index (χ1v) is 5.67. The number of methoxy groups -OCH3 is 1. The third-order valence-electron chi connectivity index (χ3n) is 2.41. The van der Waals surface area contributed by atoms with E-state index in [1.54, 1.807) is 11.7 Å². The molecule has 0 aliphatic rings. The van der Waals surface area contributed by atoms with Gasteiger partial charge in [-0.05, 0) is 19.0 Å². The van der Waals surface area contributed by atoms with Crippen molar-refractivity contribution < 1.29 is 4.74 Å². The normalized spacial score (nSPS) is 10.6. The quantitative estimate of drug-likeness (QED) is 0.702. The lowest BCUT2D eigenvalue weighted by atomic mass is 10.2. The highest BCUT2D eigenvalue weighted by Gasteiger charge is 2.01. The van der Waals surface area contributed by atoms with Gasteiger partial charge in [-0.3, -0.25) is 4.79 Å². The van der Waals surface area contributed by atoms with Crippen LogP contribution in [0.3, 0.4) is 0 Å². The number of nitrogens with zero attached hydrogens (tertiary/aromatic N) is 1. The Kier molecular flexibility index (Phi) is 5.82. The average molecular weight is 224 g/mol. The van der Waals surface area contributed by atoms with E-state index in [1.165, 1.54) is 0 Å². The van der Waals surface area contributed by atoms with Crippen LogP contribution in [0.25, 0.3) is 0 Å². The minimum Gasteiger partial charge on any atom is -0.385 e. The zero-order valence-corrected chi connectivity index (χ0v) is 10.0. The fourth-order valence-corrected chi connectivity index (χ4v) is 1.54. The molecule has 0 unspecified atom stereocenters. The minimum absolute atomic E-state index is 0.0968. The van der Waals surface area contributed by atoms with Crippen LogP contribution in [0.2, 0.25) is 0 Å². The van der Waals surface area contributed by atoms with E-state index in [0.717, 1.165) is 18.5 Å². The van der Waals surface area contributed by atoms with Crippen molar-refractivity contribution in [1.29, 1.82) is 0 Å². The summed E-state index contributed by atoms with van der Waals surface area (Å²) in [7, 11) is 1.67. The van der Waals surface area contributed by atoms with Crippen molar-refractivity contribution in [3.63, 3.8) is 0 Å². The Labute approximate surface area is 96.2 Å². The molecule has 0 spiro atoms. The highest BCUT2D eigenvalue weighted by atomic mass is 16.5. The largest absolute Gasteiger partial charge is 0.385 e. The van der Waals surface area contributed by atoms with Gasteiger partial charge in [-0.1, -0.05) is 13.0 Å². The van der Waals surface area contributed by atoms with E-state index < -0.39 is 0 Å². The van der Waals surface area contributed by atoms with Crippen molar-refractivity contribution in [2.45, 2.75) is 26.4 Å². The van der Waals surface area contributed by atoms with Gasteiger partial charge >= 0.3 is 0 Å². The summed E-state index contributed by atoms with van der Waals surface area (Å²) in [6.45, 7) is 4.94. The van der Waals surface area contributed by atoms with E-state index in [0.29, 0.717) is 19.7 Å². The fraction of sp³-hybridized carbons (Fsp3) is 0.583. The predicted octanol–water partition coefficient (Wildman–Crippen LogP) is 0.994. The van der Waals surface area contributed by atoms with Gasteiger partial charge in [0.1, 0.15) is 0 Å². The summed E-state index contributed by atoms with van der Waals surface area (Å²) >= 11 is 0. The number of hydrogen-bond donors (Lipinski definition) is 1. The van der Waals surface area contributed by atoms with Crippen LogP contribution in [-0.4, -0.2) is 24.8 Å². The number of pyridine rings is 1. The zero-order chi connectivity index (χ0) is 11.8. The number of aromatic nitrogens is 1. The van der Waals surface area contributed by atoms with Crippen molar-refractivity contribution in [3.05, 3.63) is 34.2 Å². The van der Waals surface area contributed by atoms with Gasteiger partial charge in [-0.25, -0.2) is 0 Å². The molecule has 90 valence electrons. The van der Waals surface area contributed by atoms with Gasteiger partial charge in [-0.15, -0.1) is 0 Å². The molecule has 0 aliphatic heterocycles. The first kappa shape index (κ1) is 12.9. The van der Waals surface area contributed by atoms with Gasteiger partial charge in [0.15, 0.2) is 0 Å². The Balaban J connectivity index is 2.66. The number of nitrogens with one attached hydrogen (secondary N) is 1. The molecule has 0 amide bonds.